The second kappa shape index (κ2) is 6.01. The van der Waals surface area contributed by atoms with Gasteiger partial charge in [-0.15, -0.1) is 0 Å². The molecule has 1 aliphatic heterocycles. The quantitative estimate of drug-likeness (QED) is 0.927. The van der Waals surface area contributed by atoms with Gasteiger partial charge in [0.15, 0.2) is 0 Å². The molecule has 1 atom stereocenters. The number of piperidine rings is 1. The van der Waals surface area contributed by atoms with Crippen LogP contribution in [-0.4, -0.2) is 36.4 Å². The Morgan fingerprint density at radius 1 is 1.18 bits per heavy atom. The molecule has 1 aliphatic rings. The van der Waals surface area contributed by atoms with Crippen LogP contribution in [-0.2, 0) is 20.2 Å². The Morgan fingerprint density at radius 2 is 1.77 bits per heavy atom. The van der Waals surface area contributed by atoms with Crippen molar-refractivity contribution in [3.05, 3.63) is 29.8 Å². The Labute approximate surface area is 132 Å². The fourth-order valence-corrected chi connectivity index (χ4v) is 4.35. The minimum absolute atomic E-state index is 0.0585. The van der Waals surface area contributed by atoms with Crippen LogP contribution >= 0.6 is 0 Å². The molecule has 1 aromatic rings. The highest BCUT2D eigenvalue weighted by Crippen LogP contribution is 2.28. The first kappa shape index (κ1) is 17.0. The molecule has 1 saturated heterocycles. The smallest absolute Gasteiger partial charge is 0.322 e. The van der Waals surface area contributed by atoms with E-state index in [2.05, 4.69) is 20.8 Å². The molecule has 1 heterocycles. The fraction of sp³-hybridized carbons (Fsp3) is 0.562. The Kier molecular flexibility index (Phi) is 4.63. The highest BCUT2D eigenvalue weighted by molar-refractivity contribution is 7.89. The third kappa shape index (κ3) is 3.33. The molecule has 2 rings (SSSR count). The molecule has 0 saturated carbocycles. The number of carboxylic acids is 1. The predicted octanol–water partition coefficient (Wildman–Crippen LogP) is 2.61. The molecule has 0 spiro atoms. The molecule has 5 nitrogen and oxygen atoms in total. The summed E-state index contributed by atoms with van der Waals surface area (Å²) in [5.41, 5.74) is 0.983. The first-order chi connectivity index (χ1) is 10.1. The molecule has 0 amide bonds. The standard InChI is InChI=1S/C16H23NO4S/c1-16(2,3)12-7-9-13(10-8-12)22(20,21)17-11-5-4-6-14(17)15(18)19/h7-10,14H,4-6,11H2,1-3H3,(H,18,19)/t14-/m0/s1. The number of hydrogen-bond acceptors (Lipinski definition) is 3. The summed E-state index contributed by atoms with van der Waals surface area (Å²) in [5, 5.41) is 9.26. The normalized spacial score (nSPS) is 20.8. The lowest BCUT2D eigenvalue weighted by Crippen LogP contribution is -2.47. The number of hydrogen-bond donors (Lipinski definition) is 1. The van der Waals surface area contributed by atoms with Gasteiger partial charge in [0.05, 0.1) is 4.90 Å². The van der Waals surface area contributed by atoms with Crippen LogP contribution < -0.4 is 0 Å². The Balaban J connectivity index is 2.35. The molecular formula is C16H23NO4S. The number of rotatable bonds is 3. The van der Waals surface area contributed by atoms with Gasteiger partial charge in [0.25, 0.3) is 0 Å². The van der Waals surface area contributed by atoms with E-state index >= 15 is 0 Å². The van der Waals surface area contributed by atoms with Crippen LogP contribution in [0.4, 0.5) is 0 Å². The van der Waals surface area contributed by atoms with Crippen LogP contribution in [0.5, 0.6) is 0 Å². The topological polar surface area (TPSA) is 74.7 Å². The first-order valence-corrected chi connectivity index (χ1v) is 8.93. The van der Waals surface area contributed by atoms with Crippen molar-refractivity contribution >= 4 is 16.0 Å². The minimum Gasteiger partial charge on any atom is -0.480 e. The lowest BCUT2D eigenvalue weighted by molar-refractivity contribution is -0.142. The fourth-order valence-electron chi connectivity index (χ4n) is 2.70. The van der Waals surface area contributed by atoms with Crippen molar-refractivity contribution in [1.29, 1.82) is 0 Å². The summed E-state index contributed by atoms with van der Waals surface area (Å²) in [4.78, 5) is 11.5. The van der Waals surface area contributed by atoms with E-state index in [1.165, 1.54) is 0 Å². The summed E-state index contributed by atoms with van der Waals surface area (Å²) in [6, 6.07) is 5.78. The average Bonchev–Trinajstić information content (AvgIpc) is 2.46. The molecule has 0 radical (unpaired) electrons. The van der Waals surface area contributed by atoms with Crippen molar-refractivity contribution in [2.24, 2.45) is 0 Å². The van der Waals surface area contributed by atoms with Crippen molar-refractivity contribution in [3.8, 4) is 0 Å². The second-order valence-corrected chi connectivity index (χ2v) is 8.63. The first-order valence-electron chi connectivity index (χ1n) is 7.49. The molecule has 1 aromatic carbocycles. The number of aliphatic carboxylic acids is 1. The lowest BCUT2D eigenvalue weighted by Gasteiger charge is -2.32. The van der Waals surface area contributed by atoms with Crippen LogP contribution in [0, 0.1) is 0 Å². The number of nitrogens with zero attached hydrogens (tertiary/aromatic N) is 1. The molecule has 22 heavy (non-hydrogen) atoms. The molecule has 0 bridgehead atoms. The van der Waals surface area contributed by atoms with Crippen LogP contribution in [0.15, 0.2) is 29.2 Å². The predicted molar refractivity (Wildman–Crippen MR) is 84.3 cm³/mol. The van der Waals surface area contributed by atoms with E-state index in [4.69, 9.17) is 0 Å². The zero-order chi connectivity index (χ0) is 16.5. The molecule has 6 heteroatoms. The molecule has 122 valence electrons. The summed E-state index contributed by atoms with van der Waals surface area (Å²) >= 11 is 0. The Bertz CT molecular complexity index is 644. The van der Waals surface area contributed by atoms with E-state index in [-0.39, 0.29) is 16.9 Å². The number of benzene rings is 1. The Morgan fingerprint density at radius 3 is 2.27 bits per heavy atom. The van der Waals surface area contributed by atoms with Gasteiger partial charge in [0.1, 0.15) is 6.04 Å². The lowest BCUT2D eigenvalue weighted by atomic mass is 9.87. The van der Waals surface area contributed by atoms with Crippen LogP contribution in [0.3, 0.4) is 0 Å². The minimum atomic E-state index is -3.77. The summed E-state index contributed by atoms with van der Waals surface area (Å²) in [7, 11) is -3.77. The van der Waals surface area contributed by atoms with Gasteiger partial charge in [0, 0.05) is 6.54 Å². The monoisotopic (exact) mass is 325 g/mol. The van der Waals surface area contributed by atoms with E-state index in [0.717, 1.165) is 16.3 Å². The van der Waals surface area contributed by atoms with Gasteiger partial charge in [0.2, 0.25) is 10.0 Å². The van der Waals surface area contributed by atoms with Crippen LogP contribution in [0.1, 0.15) is 45.6 Å². The van der Waals surface area contributed by atoms with Gasteiger partial charge < -0.3 is 5.11 Å². The van der Waals surface area contributed by atoms with Crippen molar-refractivity contribution in [1.82, 2.24) is 4.31 Å². The third-order valence-corrected chi connectivity index (χ3v) is 5.99. The van der Waals surface area contributed by atoms with Crippen molar-refractivity contribution in [2.75, 3.05) is 6.54 Å². The average molecular weight is 325 g/mol. The zero-order valence-corrected chi connectivity index (χ0v) is 14.1. The molecule has 0 unspecified atom stereocenters. The SMILES string of the molecule is CC(C)(C)c1ccc(S(=O)(=O)N2CCCC[C@H]2C(=O)O)cc1. The van der Waals surface area contributed by atoms with E-state index in [0.29, 0.717) is 12.8 Å². The second-order valence-electron chi connectivity index (χ2n) is 6.74. The summed E-state index contributed by atoms with van der Waals surface area (Å²) < 4.78 is 26.6. The van der Waals surface area contributed by atoms with Crippen molar-refractivity contribution in [2.45, 2.75) is 56.4 Å². The third-order valence-electron chi connectivity index (χ3n) is 4.07. The van der Waals surface area contributed by atoms with E-state index < -0.39 is 22.0 Å². The van der Waals surface area contributed by atoms with E-state index in [1.807, 2.05) is 0 Å². The summed E-state index contributed by atoms with van der Waals surface area (Å²) in [6.07, 6.45) is 1.81. The molecule has 0 aliphatic carbocycles. The van der Waals surface area contributed by atoms with E-state index in [1.54, 1.807) is 24.3 Å². The van der Waals surface area contributed by atoms with Gasteiger partial charge >= 0.3 is 5.97 Å². The zero-order valence-electron chi connectivity index (χ0n) is 13.2. The maximum atomic E-state index is 12.7. The molecule has 0 aromatic heterocycles. The number of sulfonamides is 1. The van der Waals surface area contributed by atoms with Gasteiger partial charge in [-0.1, -0.05) is 32.9 Å². The van der Waals surface area contributed by atoms with Crippen molar-refractivity contribution < 1.29 is 18.3 Å². The highest BCUT2D eigenvalue weighted by Gasteiger charge is 2.37. The van der Waals surface area contributed by atoms with Gasteiger partial charge in [-0.25, -0.2) is 8.42 Å². The maximum Gasteiger partial charge on any atom is 0.322 e. The number of carboxylic acid groups (broad SMARTS) is 1. The Hall–Kier alpha value is -1.40. The maximum absolute atomic E-state index is 12.7. The van der Waals surface area contributed by atoms with Gasteiger partial charge in [-0.2, -0.15) is 4.31 Å². The largest absolute Gasteiger partial charge is 0.480 e. The summed E-state index contributed by atoms with van der Waals surface area (Å²) in [6.45, 7) is 6.44. The van der Waals surface area contributed by atoms with Gasteiger partial charge in [-0.05, 0) is 42.4 Å². The van der Waals surface area contributed by atoms with Gasteiger partial charge in [-0.3, -0.25) is 4.79 Å². The summed E-state index contributed by atoms with van der Waals surface area (Å²) in [5.74, 6) is -1.07. The molecule has 1 fully saturated rings. The molecular weight excluding hydrogens is 302 g/mol. The van der Waals surface area contributed by atoms with E-state index in [9.17, 15) is 18.3 Å². The number of carbonyl (C=O) groups is 1. The van der Waals surface area contributed by atoms with Crippen molar-refractivity contribution in [3.63, 3.8) is 0 Å². The molecule has 1 N–H and O–H groups in total. The highest BCUT2D eigenvalue weighted by atomic mass is 32.2. The van der Waals surface area contributed by atoms with Crippen LogP contribution in [0.2, 0.25) is 0 Å². The van der Waals surface area contributed by atoms with Crippen LogP contribution in [0.25, 0.3) is 0 Å².